The van der Waals surface area contributed by atoms with E-state index in [1.165, 1.54) is 66.1 Å². The molecule has 0 atom stereocenters. The Morgan fingerprint density at radius 1 is 0.438 bits per heavy atom. The van der Waals surface area contributed by atoms with Crippen LogP contribution in [0.2, 0.25) is 0 Å². The van der Waals surface area contributed by atoms with E-state index >= 15 is 0 Å². The summed E-state index contributed by atoms with van der Waals surface area (Å²) < 4.78 is 0. The van der Waals surface area contributed by atoms with Gasteiger partial charge in [-0.05, 0) is 95.5 Å². The molecule has 0 fully saturated rings. The summed E-state index contributed by atoms with van der Waals surface area (Å²) in [5.74, 6) is 0. The van der Waals surface area contributed by atoms with Crippen LogP contribution in [0.25, 0.3) is 21.5 Å². The molecule has 0 aliphatic heterocycles. The largest absolute Gasteiger partial charge is 0.0616 e. The Kier molecular flexibility index (Phi) is 5.31. The van der Waals surface area contributed by atoms with Gasteiger partial charge < -0.3 is 0 Å². The van der Waals surface area contributed by atoms with Gasteiger partial charge in [-0.25, -0.2) is 0 Å². The number of fused-ring (bicyclic) bond motifs is 2. The van der Waals surface area contributed by atoms with Crippen LogP contribution < -0.4 is 0 Å². The van der Waals surface area contributed by atoms with Gasteiger partial charge in [0, 0.05) is 0 Å². The molecule has 0 heterocycles. The van der Waals surface area contributed by atoms with Gasteiger partial charge in [-0.1, -0.05) is 96.1 Å². The molecule has 5 aromatic rings. The van der Waals surface area contributed by atoms with Crippen molar-refractivity contribution >= 4 is 21.5 Å². The van der Waals surface area contributed by atoms with Crippen LogP contribution in [0.5, 0.6) is 0 Å². The zero-order valence-corrected chi connectivity index (χ0v) is 19.5. The monoisotopic (exact) mass is 414 g/mol. The van der Waals surface area contributed by atoms with E-state index in [4.69, 9.17) is 0 Å². The number of aryl methyl sites for hydroxylation is 4. The smallest absolute Gasteiger partial charge is 0.00107 e. The minimum absolute atomic E-state index is 0.957. The molecular formula is C32H30. The lowest BCUT2D eigenvalue weighted by Gasteiger charge is -2.19. The third-order valence-electron chi connectivity index (χ3n) is 6.90. The highest BCUT2D eigenvalue weighted by Gasteiger charge is 2.16. The molecule has 0 aliphatic rings. The van der Waals surface area contributed by atoms with Crippen molar-refractivity contribution < 1.29 is 0 Å². The van der Waals surface area contributed by atoms with E-state index in [1.807, 2.05) is 0 Å². The van der Waals surface area contributed by atoms with Gasteiger partial charge in [-0.15, -0.1) is 0 Å². The molecule has 0 N–H and O–H groups in total. The van der Waals surface area contributed by atoms with Gasteiger partial charge in [-0.2, -0.15) is 0 Å². The predicted octanol–water partition coefficient (Wildman–Crippen LogP) is 8.41. The molecule has 0 aromatic heterocycles. The van der Waals surface area contributed by atoms with Crippen molar-refractivity contribution in [2.45, 2.75) is 40.5 Å². The average Bonchev–Trinajstić information content (AvgIpc) is 2.80. The molecule has 5 rings (SSSR count). The fraction of sp³-hybridized carbons (Fsp3) is 0.188. The van der Waals surface area contributed by atoms with Gasteiger partial charge in [-0.3, -0.25) is 0 Å². The molecule has 0 bridgehead atoms. The van der Waals surface area contributed by atoms with E-state index in [-0.39, 0.29) is 0 Å². The van der Waals surface area contributed by atoms with E-state index in [1.54, 1.807) is 0 Å². The number of hydrogen-bond acceptors (Lipinski definition) is 0. The lowest BCUT2D eigenvalue weighted by Crippen LogP contribution is -2.00. The maximum atomic E-state index is 2.35. The van der Waals surface area contributed by atoms with Gasteiger partial charge in [0.05, 0.1) is 0 Å². The van der Waals surface area contributed by atoms with Gasteiger partial charge in [0.25, 0.3) is 0 Å². The number of benzene rings is 5. The minimum Gasteiger partial charge on any atom is -0.0616 e. The van der Waals surface area contributed by atoms with Crippen molar-refractivity contribution in [1.29, 1.82) is 0 Å². The zero-order valence-electron chi connectivity index (χ0n) is 19.5. The van der Waals surface area contributed by atoms with Crippen LogP contribution >= 0.6 is 0 Å². The van der Waals surface area contributed by atoms with Crippen LogP contribution in [0, 0.1) is 27.7 Å². The molecule has 0 spiro atoms. The van der Waals surface area contributed by atoms with Gasteiger partial charge >= 0.3 is 0 Å². The van der Waals surface area contributed by atoms with Crippen molar-refractivity contribution in [2.24, 2.45) is 0 Å². The summed E-state index contributed by atoms with van der Waals surface area (Å²) in [5.41, 5.74) is 11.1. The average molecular weight is 415 g/mol. The van der Waals surface area contributed by atoms with Gasteiger partial charge in [0.2, 0.25) is 0 Å². The summed E-state index contributed by atoms with van der Waals surface area (Å²) >= 11 is 0. The molecular weight excluding hydrogens is 384 g/mol. The summed E-state index contributed by atoms with van der Waals surface area (Å²) in [6, 6.07) is 31.6. The van der Waals surface area contributed by atoms with Gasteiger partial charge in [0.15, 0.2) is 0 Å². The normalized spacial score (nSPS) is 11.4. The van der Waals surface area contributed by atoms with E-state index in [2.05, 4.69) is 113 Å². The molecule has 158 valence electrons. The second-order valence-electron chi connectivity index (χ2n) is 9.26. The Morgan fingerprint density at radius 2 is 0.781 bits per heavy atom. The van der Waals surface area contributed by atoms with E-state index < -0.39 is 0 Å². The number of rotatable bonds is 4. The Morgan fingerprint density at radius 3 is 1.12 bits per heavy atom. The van der Waals surface area contributed by atoms with E-state index in [0.717, 1.165) is 12.8 Å². The van der Waals surface area contributed by atoms with Crippen molar-refractivity contribution in [1.82, 2.24) is 0 Å². The third-order valence-corrected chi connectivity index (χ3v) is 6.90. The van der Waals surface area contributed by atoms with Crippen LogP contribution in [0.4, 0.5) is 0 Å². The summed E-state index contributed by atoms with van der Waals surface area (Å²) in [5, 5.41) is 5.53. The summed E-state index contributed by atoms with van der Waals surface area (Å²) in [4.78, 5) is 0. The molecule has 32 heavy (non-hydrogen) atoms. The van der Waals surface area contributed by atoms with Crippen LogP contribution in [-0.2, 0) is 12.8 Å². The Labute approximate surface area is 191 Å². The van der Waals surface area contributed by atoms with Crippen molar-refractivity contribution in [3.63, 3.8) is 0 Å². The topological polar surface area (TPSA) is 0 Å². The highest BCUT2D eigenvalue weighted by atomic mass is 14.2. The van der Waals surface area contributed by atoms with Crippen molar-refractivity contribution in [3.05, 3.63) is 129 Å². The quantitative estimate of drug-likeness (QED) is 0.259. The van der Waals surface area contributed by atoms with Gasteiger partial charge in [0.1, 0.15) is 0 Å². The molecule has 0 nitrogen and oxygen atoms in total. The molecule has 0 amide bonds. The summed E-state index contributed by atoms with van der Waals surface area (Å²) in [6.07, 6.45) is 1.91. The highest BCUT2D eigenvalue weighted by Crippen LogP contribution is 2.36. The molecule has 5 aromatic carbocycles. The fourth-order valence-electron chi connectivity index (χ4n) is 5.05. The molecule has 0 saturated heterocycles. The molecule has 0 saturated carbocycles. The Balaban J connectivity index is 1.77. The second kappa shape index (κ2) is 8.28. The van der Waals surface area contributed by atoms with Crippen LogP contribution in [0.1, 0.15) is 44.5 Å². The predicted molar refractivity (Wildman–Crippen MR) is 139 cm³/mol. The first-order chi connectivity index (χ1) is 15.5. The Bertz CT molecular complexity index is 1280. The highest BCUT2D eigenvalue weighted by molar-refractivity contribution is 6.06. The molecule has 0 heteroatoms. The first-order valence-electron chi connectivity index (χ1n) is 11.5. The fourth-order valence-corrected chi connectivity index (χ4v) is 5.05. The van der Waals surface area contributed by atoms with Crippen LogP contribution in [0.15, 0.2) is 84.9 Å². The van der Waals surface area contributed by atoms with Crippen LogP contribution in [0.3, 0.4) is 0 Å². The lowest BCUT2D eigenvalue weighted by atomic mass is 9.85. The Hall–Kier alpha value is -3.38. The standard InChI is InChI=1S/C32H30/c1-21-13-15-23(3)25(17-21)19-31-27-9-5-7-11-29(27)32(30-12-8-6-10-28(30)31)20-26-18-22(2)14-16-24(26)4/h5-18H,19-20H2,1-4H3. The van der Waals surface area contributed by atoms with E-state index in [9.17, 15) is 0 Å². The summed E-state index contributed by atoms with van der Waals surface area (Å²) in [6.45, 7) is 8.83. The van der Waals surface area contributed by atoms with Crippen molar-refractivity contribution in [2.75, 3.05) is 0 Å². The SMILES string of the molecule is Cc1ccc(C)c(Cc2c3ccccc3c(Cc3cc(C)ccc3C)c3ccccc23)c1. The maximum absolute atomic E-state index is 2.35. The second-order valence-corrected chi connectivity index (χ2v) is 9.26. The maximum Gasteiger partial charge on any atom is -0.00107 e. The first-order valence-corrected chi connectivity index (χ1v) is 11.5. The van der Waals surface area contributed by atoms with Crippen molar-refractivity contribution in [3.8, 4) is 0 Å². The van der Waals surface area contributed by atoms with E-state index in [0.29, 0.717) is 0 Å². The molecule has 0 aliphatic carbocycles. The minimum atomic E-state index is 0.957. The third kappa shape index (κ3) is 3.71. The molecule has 0 radical (unpaired) electrons. The van der Waals surface area contributed by atoms with Crippen LogP contribution in [-0.4, -0.2) is 0 Å². The summed E-state index contributed by atoms with van der Waals surface area (Å²) in [7, 11) is 0. The number of hydrogen-bond donors (Lipinski definition) is 0. The molecule has 0 unspecified atom stereocenters. The first kappa shape index (κ1) is 20.5. The zero-order chi connectivity index (χ0) is 22.2. The lowest BCUT2D eigenvalue weighted by molar-refractivity contribution is 1.15.